The van der Waals surface area contributed by atoms with Crippen LogP contribution in [0.25, 0.3) is 0 Å². The van der Waals surface area contributed by atoms with E-state index in [2.05, 4.69) is 37.4 Å². The van der Waals surface area contributed by atoms with Gasteiger partial charge in [-0.05, 0) is 104 Å². The smallest absolute Gasteiger partial charge is 0.258 e. The van der Waals surface area contributed by atoms with Crippen molar-refractivity contribution >= 4 is 5.91 Å². The van der Waals surface area contributed by atoms with E-state index in [4.69, 9.17) is 9.47 Å². The zero-order valence-corrected chi connectivity index (χ0v) is 19.8. The van der Waals surface area contributed by atoms with E-state index in [9.17, 15) is 4.79 Å². The standard InChI is InChI=1S/C28H35NO3/c1-18-8-9-22(10-19(18)2)28-14-20-11-21(15-28)13-27(12-20,16-28)17-29-26(30)25-23(31-3)6-5-7-24(25)32-4/h5-10,20-21H,11-17H2,1-4H3,(H,29,30). The predicted octanol–water partition coefficient (Wildman–Crippen LogP) is 5.59. The minimum Gasteiger partial charge on any atom is -0.496 e. The molecule has 0 heterocycles. The zero-order valence-electron chi connectivity index (χ0n) is 19.8. The minimum absolute atomic E-state index is 0.102. The van der Waals surface area contributed by atoms with E-state index in [1.165, 1.54) is 55.2 Å². The first-order chi connectivity index (χ1) is 15.4. The Morgan fingerprint density at radius 3 is 2.22 bits per heavy atom. The van der Waals surface area contributed by atoms with Crippen LogP contribution < -0.4 is 14.8 Å². The van der Waals surface area contributed by atoms with Crippen molar-refractivity contribution in [2.24, 2.45) is 17.3 Å². The quantitative estimate of drug-likeness (QED) is 0.646. The summed E-state index contributed by atoms with van der Waals surface area (Å²) in [6.45, 7) is 5.16. The second-order valence-corrected chi connectivity index (χ2v) is 10.8. The van der Waals surface area contributed by atoms with Crippen LogP contribution in [0.1, 0.15) is 65.6 Å². The number of nitrogens with one attached hydrogen (secondary N) is 1. The van der Waals surface area contributed by atoms with Crippen molar-refractivity contribution < 1.29 is 14.3 Å². The summed E-state index contributed by atoms with van der Waals surface area (Å²) >= 11 is 0. The van der Waals surface area contributed by atoms with Crippen LogP contribution in [0.3, 0.4) is 0 Å². The highest BCUT2D eigenvalue weighted by molar-refractivity contribution is 5.99. The molecule has 4 nitrogen and oxygen atoms in total. The molecule has 4 bridgehead atoms. The molecule has 2 unspecified atom stereocenters. The van der Waals surface area contributed by atoms with Gasteiger partial charge in [0.25, 0.3) is 5.91 Å². The summed E-state index contributed by atoms with van der Waals surface area (Å²) in [6.07, 6.45) is 7.63. The number of rotatable bonds is 6. The zero-order chi connectivity index (χ0) is 22.5. The van der Waals surface area contributed by atoms with Crippen molar-refractivity contribution in [3.63, 3.8) is 0 Å². The van der Waals surface area contributed by atoms with Crippen LogP contribution in [-0.2, 0) is 5.41 Å². The van der Waals surface area contributed by atoms with E-state index in [0.29, 0.717) is 17.1 Å². The van der Waals surface area contributed by atoms with Crippen molar-refractivity contribution in [1.82, 2.24) is 5.32 Å². The van der Waals surface area contributed by atoms with Gasteiger partial charge in [-0.3, -0.25) is 4.79 Å². The van der Waals surface area contributed by atoms with E-state index in [1.807, 2.05) is 18.2 Å². The third kappa shape index (κ3) is 3.48. The molecule has 2 atom stereocenters. The molecule has 6 rings (SSSR count). The summed E-state index contributed by atoms with van der Waals surface area (Å²) in [5, 5.41) is 3.30. The average molecular weight is 434 g/mol. The van der Waals surface area contributed by atoms with Gasteiger partial charge in [-0.1, -0.05) is 24.3 Å². The molecule has 2 aromatic rings. The Bertz CT molecular complexity index is 1010. The highest BCUT2D eigenvalue weighted by Crippen LogP contribution is 2.65. The summed E-state index contributed by atoms with van der Waals surface area (Å²) in [5.41, 5.74) is 5.24. The molecule has 4 aliphatic rings. The Labute approximate surface area is 191 Å². The molecule has 4 fully saturated rings. The Kier molecular flexibility index (Phi) is 5.22. The first kappa shape index (κ1) is 21.4. The molecule has 4 saturated carbocycles. The molecule has 0 spiro atoms. The molecule has 0 aliphatic heterocycles. The van der Waals surface area contributed by atoms with Gasteiger partial charge in [-0.25, -0.2) is 0 Å². The minimum atomic E-state index is -0.102. The van der Waals surface area contributed by atoms with E-state index < -0.39 is 0 Å². The molecule has 0 aromatic heterocycles. The second-order valence-electron chi connectivity index (χ2n) is 10.8. The Hall–Kier alpha value is -2.49. The third-order valence-electron chi connectivity index (χ3n) is 8.58. The number of hydrogen-bond donors (Lipinski definition) is 1. The molecule has 170 valence electrons. The highest BCUT2D eigenvalue weighted by atomic mass is 16.5. The topological polar surface area (TPSA) is 47.6 Å². The maximum absolute atomic E-state index is 13.3. The lowest BCUT2D eigenvalue weighted by atomic mass is 9.43. The number of carbonyl (C=O) groups excluding carboxylic acids is 1. The normalized spacial score (nSPS) is 30.2. The number of ether oxygens (including phenoxy) is 2. The Morgan fingerprint density at radius 2 is 1.62 bits per heavy atom. The monoisotopic (exact) mass is 433 g/mol. The van der Waals surface area contributed by atoms with Gasteiger partial charge in [-0.2, -0.15) is 0 Å². The van der Waals surface area contributed by atoms with Gasteiger partial charge in [0.2, 0.25) is 0 Å². The Balaban J connectivity index is 1.40. The fourth-order valence-electron chi connectivity index (χ4n) is 7.50. The van der Waals surface area contributed by atoms with Gasteiger partial charge < -0.3 is 14.8 Å². The lowest BCUT2D eigenvalue weighted by molar-refractivity contribution is -0.0697. The van der Waals surface area contributed by atoms with Crippen LogP contribution in [0, 0.1) is 31.1 Å². The van der Waals surface area contributed by atoms with Gasteiger partial charge in [0, 0.05) is 6.54 Å². The number of benzene rings is 2. The van der Waals surface area contributed by atoms with Crippen LogP contribution in [0.5, 0.6) is 11.5 Å². The number of hydrogen-bond acceptors (Lipinski definition) is 3. The van der Waals surface area contributed by atoms with Crippen molar-refractivity contribution in [3.8, 4) is 11.5 Å². The Morgan fingerprint density at radius 1 is 0.969 bits per heavy atom. The fourth-order valence-corrected chi connectivity index (χ4v) is 7.50. The van der Waals surface area contributed by atoms with Crippen LogP contribution in [0.15, 0.2) is 36.4 Å². The van der Waals surface area contributed by atoms with Crippen LogP contribution in [0.2, 0.25) is 0 Å². The SMILES string of the molecule is COc1cccc(OC)c1C(=O)NCC12CC3CC(C1)CC(c1ccc(C)c(C)c1)(C3)C2. The van der Waals surface area contributed by atoms with Crippen molar-refractivity contribution in [1.29, 1.82) is 0 Å². The molecule has 1 amide bonds. The molecular weight excluding hydrogens is 398 g/mol. The summed E-state index contributed by atoms with van der Waals surface area (Å²) in [4.78, 5) is 13.3. The highest BCUT2D eigenvalue weighted by Gasteiger charge is 2.58. The first-order valence-corrected chi connectivity index (χ1v) is 11.9. The molecular formula is C28H35NO3. The third-order valence-corrected chi connectivity index (χ3v) is 8.58. The van der Waals surface area contributed by atoms with Gasteiger partial charge in [0.05, 0.1) is 14.2 Å². The van der Waals surface area contributed by atoms with Crippen LogP contribution >= 0.6 is 0 Å². The maximum Gasteiger partial charge on any atom is 0.258 e. The van der Waals surface area contributed by atoms with Gasteiger partial charge >= 0.3 is 0 Å². The predicted molar refractivity (Wildman–Crippen MR) is 127 cm³/mol. The lowest BCUT2D eigenvalue weighted by Gasteiger charge is -2.62. The number of aryl methyl sites for hydroxylation is 2. The number of amides is 1. The fraction of sp³-hybridized carbons (Fsp3) is 0.536. The molecule has 2 aromatic carbocycles. The molecule has 32 heavy (non-hydrogen) atoms. The van der Waals surface area contributed by atoms with Crippen LogP contribution in [-0.4, -0.2) is 26.7 Å². The van der Waals surface area contributed by atoms with Gasteiger partial charge in [-0.15, -0.1) is 0 Å². The first-order valence-electron chi connectivity index (χ1n) is 11.9. The van der Waals surface area contributed by atoms with Crippen LogP contribution in [0.4, 0.5) is 0 Å². The molecule has 1 N–H and O–H groups in total. The van der Waals surface area contributed by atoms with Gasteiger partial charge in [0.1, 0.15) is 17.1 Å². The number of methoxy groups -OCH3 is 2. The summed E-state index contributed by atoms with van der Waals surface area (Å²) < 4.78 is 10.9. The van der Waals surface area contributed by atoms with E-state index >= 15 is 0 Å². The van der Waals surface area contributed by atoms with Gasteiger partial charge in [0.15, 0.2) is 0 Å². The molecule has 0 saturated heterocycles. The lowest BCUT2D eigenvalue weighted by Crippen LogP contribution is -2.57. The maximum atomic E-state index is 13.3. The average Bonchev–Trinajstić information content (AvgIpc) is 2.77. The van der Waals surface area contributed by atoms with E-state index in [-0.39, 0.29) is 16.7 Å². The van der Waals surface area contributed by atoms with E-state index in [1.54, 1.807) is 14.2 Å². The molecule has 4 heteroatoms. The summed E-state index contributed by atoms with van der Waals surface area (Å²) in [6, 6.07) is 12.6. The molecule has 0 radical (unpaired) electrons. The largest absolute Gasteiger partial charge is 0.496 e. The summed E-state index contributed by atoms with van der Waals surface area (Å²) in [7, 11) is 3.19. The second kappa shape index (κ2) is 7.83. The summed E-state index contributed by atoms with van der Waals surface area (Å²) in [5.74, 6) is 2.55. The van der Waals surface area contributed by atoms with Crippen molar-refractivity contribution in [2.45, 2.75) is 57.8 Å². The number of carbonyl (C=O) groups is 1. The molecule has 4 aliphatic carbocycles. The van der Waals surface area contributed by atoms with Crippen molar-refractivity contribution in [3.05, 3.63) is 58.7 Å². The van der Waals surface area contributed by atoms with Crippen molar-refractivity contribution in [2.75, 3.05) is 20.8 Å². The van der Waals surface area contributed by atoms with E-state index in [0.717, 1.165) is 18.4 Å².